The molecule has 7 N–H and O–H groups in total. The highest BCUT2D eigenvalue weighted by Gasteiger charge is 2.54. The van der Waals surface area contributed by atoms with Crippen molar-refractivity contribution in [2.24, 2.45) is 23.2 Å². The molecule has 0 spiro atoms. The Morgan fingerprint density at radius 1 is 1.03 bits per heavy atom. The second kappa shape index (κ2) is 12.0. The minimum absolute atomic E-state index is 0. The summed E-state index contributed by atoms with van der Waals surface area (Å²) >= 11 is 0. The van der Waals surface area contributed by atoms with Crippen LogP contribution in [0.5, 0.6) is 5.75 Å². The summed E-state index contributed by atoms with van der Waals surface area (Å²) in [7, 11) is 0. The normalized spacial score (nSPS) is 25.6. The van der Waals surface area contributed by atoms with Crippen LogP contribution >= 0.6 is 12.4 Å². The van der Waals surface area contributed by atoms with Crippen LogP contribution in [-0.2, 0) is 17.8 Å². The van der Waals surface area contributed by atoms with Crippen molar-refractivity contribution < 1.29 is 26.0 Å². The highest BCUT2D eigenvalue weighted by molar-refractivity contribution is 5.97. The number of carbonyl (C=O) groups is 1. The van der Waals surface area contributed by atoms with E-state index in [0.29, 0.717) is 6.61 Å². The molecule has 4 saturated carbocycles. The van der Waals surface area contributed by atoms with Gasteiger partial charge >= 0.3 is 0 Å². The van der Waals surface area contributed by atoms with Crippen molar-refractivity contribution in [3.63, 3.8) is 0 Å². The molecule has 1 aromatic carbocycles. The molecule has 4 aliphatic carbocycles. The minimum Gasteiger partial charge on any atom is -0.485 e. The molecular formula is C26H39ClN2O5. The summed E-state index contributed by atoms with van der Waals surface area (Å²) in [4.78, 5) is 18.3. The van der Waals surface area contributed by atoms with Gasteiger partial charge in [-0.2, -0.15) is 0 Å². The highest BCUT2D eigenvalue weighted by Crippen LogP contribution is 2.60. The van der Waals surface area contributed by atoms with Crippen LogP contribution in [0, 0.1) is 30.1 Å². The number of halogens is 1. The van der Waals surface area contributed by atoms with E-state index >= 15 is 0 Å². The maximum absolute atomic E-state index is 13.6. The lowest BCUT2D eigenvalue weighted by Gasteiger charge is -2.55. The Hall–Kier alpha value is -2.19. The Kier molecular flexibility index (Phi) is 10.5. The lowest BCUT2D eigenvalue weighted by molar-refractivity contribution is -0.140. The largest absolute Gasteiger partial charge is 0.485 e. The maximum atomic E-state index is 13.6. The molecule has 2 aromatic rings. The van der Waals surface area contributed by atoms with Gasteiger partial charge in [0.25, 0.3) is 0 Å². The number of carbonyl (C=O) groups excluding carboxylic acids is 1. The molecule has 1 amide bonds. The van der Waals surface area contributed by atoms with E-state index < -0.39 is 0 Å². The summed E-state index contributed by atoms with van der Waals surface area (Å²) in [5.41, 5.74) is 3.55. The standard InChI is InChI=1S/C26H32N2O2.ClH.3H2O/c1-3-22-24(30-16-18-7-5-4-6-8-18)23(9-17(2)27-22)28-25(29)26-13-19-10-20(14-26)12-21(11-19)15-26;;;;/h4-9,19-21H,3,10-16H2,1-2H3,(H,27,28,29);1H;3*1H2. The smallest absolute Gasteiger partial charge is 0.230 e. The number of amides is 1. The predicted molar refractivity (Wildman–Crippen MR) is 136 cm³/mol. The van der Waals surface area contributed by atoms with Crippen molar-refractivity contribution in [3.05, 3.63) is 53.3 Å². The van der Waals surface area contributed by atoms with E-state index in [0.717, 1.165) is 71.8 Å². The fourth-order valence-electron chi connectivity index (χ4n) is 6.59. The van der Waals surface area contributed by atoms with E-state index in [1.54, 1.807) is 0 Å². The van der Waals surface area contributed by atoms with Gasteiger partial charge in [-0.25, -0.2) is 0 Å². The molecular weight excluding hydrogens is 456 g/mol. The van der Waals surface area contributed by atoms with Crippen molar-refractivity contribution >= 4 is 24.0 Å². The van der Waals surface area contributed by atoms with Gasteiger partial charge in [-0.05, 0) is 81.3 Å². The maximum Gasteiger partial charge on any atom is 0.230 e. The lowest BCUT2D eigenvalue weighted by Crippen LogP contribution is -2.51. The fourth-order valence-corrected chi connectivity index (χ4v) is 6.59. The summed E-state index contributed by atoms with van der Waals surface area (Å²) in [5.74, 6) is 3.19. The van der Waals surface area contributed by atoms with Gasteiger partial charge in [0.1, 0.15) is 6.61 Å². The lowest BCUT2D eigenvalue weighted by atomic mass is 9.49. The molecule has 7 nitrogen and oxygen atoms in total. The Bertz CT molecular complexity index is 918. The van der Waals surface area contributed by atoms with E-state index in [1.165, 1.54) is 19.3 Å². The van der Waals surface area contributed by atoms with Gasteiger partial charge in [-0.3, -0.25) is 9.78 Å². The fraction of sp³-hybridized carbons (Fsp3) is 0.538. The molecule has 4 aliphatic rings. The van der Waals surface area contributed by atoms with Gasteiger partial charge in [-0.15, -0.1) is 12.4 Å². The van der Waals surface area contributed by atoms with Crippen molar-refractivity contribution in [1.82, 2.24) is 4.98 Å². The van der Waals surface area contributed by atoms with Crippen molar-refractivity contribution in [1.29, 1.82) is 0 Å². The summed E-state index contributed by atoms with van der Waals surface area (Å²) in [6.07, 6.45) is 7.98. The molecule has 0 unspecified atom stereocenters. The molecule has 4 fully saturated rings. The van der Waals surface area contributed by atoms with Crippen LogP contribution in [-0.4, -0.2) is 27.3 Å². The number of ether oxygens (including phenoxy) is 1. The number of nitrogens with one attached hydrogen (secondary N) is 1. The highest BCUT2D eigenvalue weighted by atomic mass is 35.5. The van der Waals surface area contributed by atoms with E-state index in [4.69, 9.17) is 4.74 Å². The van der Waals surface area contributed by atoms with Gasteiger partial charge in [0.2, 0.25) is 5.91 Å². The number of aryl methyl sites for hydroxylation is 2. The number of nitrogens with zero attached hydrogens (tertiary/aromatic N) is 1. The van der Waals surface area contributed by atoms with Gasteiger partial charge in [0.15, 0.2) is 5.75 Å². The Balaban J connectivity index is 0.00000144. The predicted octanol–water partition coefficient (Wildman–Crippen LogP) is 3.63. The first-order valence-corrected chi connectivity index (χ1v) is 11.5. The second-order valence-corrected chi connectivity index (χ2v) is 9.87. The first kappa shape index (κ1) is 29.8. The van der Waals surface area contributed by atoms with Crippen molar-refractivity contribution in [2.75, 3.05) is 5.32 Å². The summed E-state index contributed by atoms with van der Waals surface area (Å²) < 4.78 is 6.24. The number of rotatable bonds is 6. The average molecular weight is 495 g/mol. The van der Waals surface area contributed by atoms with Crippen LogP contribution in [0.1, 0.15) is 62.4 Å². The zero-order chi connectivity index (χ0) is 20.7. The van der Waals surface area contributed by atoms with Crippen LogP contribution in [0.2, 0.25) is 0 Å². The average Bonchev–Trinajstić information content (AvgIpc) is 2.72. The van der Waals surface area contributed by atoms with Gasteiger partial charge in [-0.1, -0.05) is 37.3 Å². The molecule has 0 radical (unpaired) electrons. The molecule has 1 aromatic heterocycles. The Labute approximate surface area is 208 Å². The number of hydrogen-bond donors (Lipinski definition) is 1. The minimum atomic E-state index is -0.172. The molecule has 4 bridgehead atoms. The molecule has 0 saturated heterocycles. The Morgan fingerprint density at radius 2 is 1.59 bits per heavy atom. The number of hydrogen-bond acceptors (Lipinski definition) is 3. The molecule has 8 heteroatoms. The summed E-state index contributed by atoms with van der Waals surface area (Å²) in [6, 6.07) is 12.1. The zero-order valence-electron chi connectivity index (χ0n) is 20.0. The van der Waals surface area contributed by atoms with Gasteiger partial charge in [0, 0.05) is 5.69 Å². The van der Waals surface area contributed by atoms with E-state index in [1.807, 2.05) is 31.2 Å². The van der Waals surface area contributed by atoms with Crippen molar-refractivity contribution in [3.8, 4) is 5.75 Å². The van der Waals surface area contributed by atoms with E-state index in [-0.39, 0.29) is 40.2 Å². The van der Waals surface area contributed by atoms with Crippen LogP contribution in [0.3, 0.4) is 0 Å². The molecule has 34 heavy (non-hydrogen) atoms. The van der Waals surface area contributed by atoms with Gasteiger partial charge in [0.05, 0.1) is 16.8 Å². The first-order valence-electron chi connectivity index (χ1n) is 11.5. The molecule has 0 atom stereocenters. The number of aromatic nitrogens is 1. The second-order valence-electron chi connectivity index (χ2n) is 9.87. The summed E-state index contributed by atoms with van der Waals surface area (Å²) in [6.45, 7) is 4.54. The SMILES string of the molecule is CCc1nc(C)cc(NC(=O)C23CC4CC(CC(C4)C2)C3)c1OCc1ccccc1.Cl.O.O.O. The first-order chi connectivity index (χ1) is 14.5. The topological polar surface area (TPSA) is 146 Å². The molecule has 0 aliphatic heterocycles. The summed E-state index contributed by atoms with van der Waals surface area (Å²) in [5, 5.41) is 3.32. The third-order valence-electron chi connectivity index (χ3n) is 7.50. The quantitative estimate of drug-likeness (QED) is 0.653. The van der Waals surface area contributed by atoms with Crippen LogP contribution < -0.4 is 10.1 Å². The van der Waals surface area contributed by atoms with Crippen molar-refractivity contribution in [2.45, 2.75) is 65.4 Å². The molecule has 1 heterocycles. The molecule has 190 valence electrons. The molecule has 6 rings (SSSR count). The van der Waals surface area contributed by atoms with Gasteiger partial charge < -0.3 is 26.5 Å². The zero-order valence-corrected chi connectivity index (χ0v) is 20.8. The third-order valence-corrected chi connectivity index (χ3v) is 7.50. The van der Waals surface area contributed by atoms with E-state index in [9.17, 15) is 4.79 Å². The van der Waals surface area contributed by atoms with Crippen LogP contribution in [0.25, 0.3) is 0 Å². The third kappa shape index (κ3) is 5.71. The number of pyridine rings is 1. The number of anilines is 1. The Morgan fingerprint density at radius 3 is 2.12 bits per heavy atom. The number of benzene rings is 1. The monoisotopic (exact) mass is 494 g/mol. The van der Waals surface area contributed by atoms with Crippen LogP contribution in [0.4, 0.5) is 5.69 Å². The van der Waals surface area contributed by atoms with Crippen LogP contribution in [0.15, 0.2) is 36.4 Å². The van der Waals surface area contributed by atoms with E-state index in [2.05, 4.69) is 29.4 Å².